The number of hydrogen-bond acceptors (Lipinski definition) is 7. The molecule has 1 saturated carbocycles. The highest BCUT2D eigenvalue weighted by molar-refractivity contribution is 5.94. The Morgan fingerprint density at radius 2 is 1.80 bits per heavy atom. The van der Waals surface area contributed by atoms with Crippen molar-refractivity contribution in [1.82, 2.24) is 20.8 Å². The molecule has 13 heteroatoms. The zero-order valence-corrected chi connectivity index (χ0v) is 22.3. The van der Waals surface area contributed by atoms with E-state index in [2.05, 4.69) is 30.8 Å². The summed E-state index contributed by atoms with van der Waals surface area (Å²) in [6.45, 7) is 2.03. The molecule has 0 radical (unpaired) electrons. The van der Waals surface area contributed by atoms with E-state index in [1.807, 2.05) is 0 Å². The first kappa shape index (κ1) is 29.8. The molecule has 0 bridgehead atoms. The number of rotatable bonds is 11. The molecule has 0 aliphatic heterocycles. The molecule has 1 aliphatic rings. The van der Waals surface area contributed by atoms with E-state index >= 15 is 0 Å². The topological polar surface area (TPSA) is 118 Å². The van der Waals surface area contributed by atoms with Gasteiger partial charge in [-0.05, 0) is 55.7 Å². The summed E-state index contributed by atoms with van der Waals surface area (Å²) in [5.41, 5.74) is 0.881. The number of alkyl halides is 3. The number of hydrogen-bond donors (Lipinski definition) is 3. The second kappa shape index (κ2) is 13.5. The monoisotopic (exact) mass is 577 g/mol. The Morgan fingerprint density at radius 3 is 2.49 bits per heavy atom. The van der Waals surface area contributed by atoms with Gasteiger partial charge in [0.05, 0.1) is 0 Å². The fourth-order valence-electron chi connectivity index (χ4n) is 4.71. The number of nitrogens with zero attached hydrogens (tertiary/aromatic N) is 2. The van der Waals surface area contributed by atoms with E-state index in [4.69, 9.17) is 4.52 Å². The maximum atomic E-state index is 13.6. The zero-order valence-electron chi connectivity index (χ0n) is 22.3. The van der Waals surface area contributed by atoms with Crippen LogP contribution in [-0.2, 0) is 4.79 Å². The molecule has 9 nitrogen and oxygen atoms in total. The maximum absolute atomic E-state index is 13.6. The summed E-state index contributed by atoms with van der Waals surface area (Å²) in [4.78, 5) is 30.3. The summed E-state index contributed by atoms with van der Waals surface area (Å²) in [7, 11) is 0. The lowest BCUT2D eigenvalue weighted by Gasteiger charge is -2.27. The molecule has 1 aliphatic carbocycles. The Kier molecular flexibility index (Phi) is 9.79. The molecule has 0 spiro atoms. The minimum Gasteiger partial charge on any atom is -0.406 e. The van der Waals surface area contributed by atoms with Gasteiger partial charge in [0.25, 0.3) is 0 Å². The number of benzene rings is 2. The number of ether oxygens (including phenoxy) is 1. The van der Waals surface area contributed by atoms with Crippen molar-refractivity contribution in [3.8, 4) is 17.1 Å². The third kappa shape index (κ3) is 9.19. The Labute approximate surface area is 234 Å². The van der Waals surface area contributed by atoms with Crippen LogP contribution in [-0.4, -0.2) is 46.9 Å². The van der Waals surface area contributed by atoms with E-state index < -0.39 is 30.0 Å². The fourth-order valence-corrected chi connectivity index (χ4v) is 4.71. The van der Waals surface area contributed by atoms with Crippen molar-refractivity contribution in [3.63, 3.8) is 0 Å². The second-order valence-electron chi connectivity index (χ2n) is 10.1. The summed E-state index contributed by atoms with van der Waals surface area (Å²) >= 11 is 0. The van der Waals surface area contributed by atoms with Gasteiger partial charge < -0.3 is 25.2 Å². The maximum Gasteiger partial charge on any atom is 0.573 e. The first-order valence-electron chi connectivity index (χ1n) is 13.4. The van der Waals surface area contributed by atoms with Crippen LogP contribution in [0.2, 0.25) is 0 Å². The van der Waals surface area contributed by atoms with E-state index in [9.17, 15) is 27.2 Å². The molecule has 1 fully saturated rings. The highest BCUT2D eigenvalue weighted by Crippen LogP contribution is 2.28. The molecule has 1 heterocycles. The van der Waals surface area contributed by atoms with Crippen molar-refractivity contribution >= 4 is 17.5 Å². The van der Waals surface area contributed by atoms with Gasteiger partial charge in [0.1, 0.15) is 17.6 Å². The van der Waals surface area contributed by atoms with Crippen molar-refractivity contribution < 1.29 is 36.4 Å². The summed E-state index contributed by atoms with van der Waals surface area (Å²) < 4.78 is 59.6. The highest BCUT2D eigenvalue weighted by atomic mass is 19.4. The number of carbonyl (C=O) groups excluding carboxylic acids is 2. The van der Waals surface area contributed by atoms with Gasteiger partial charge in [0.15, 0.2) is 0 Å². The quantitative estimate of drug-likeness (QED) is 0.259. The smallest absolute Gasteiger partial charge is 0.406 e. The van der Waals surface area contributed by atoms with Gasteiger partial charge in [-0.1, -0.05) is 49.4 Å². The van der Waals surface area contributed by atoms with Gasteiger partial charge in [0, 0.05) is 23.8 Å². The predicted molar refractivity (Wildman–Crippen MR) is 141 cm³/mol. The summed E-state index contributed by atoms with van der Waals surface area (Å²) in [5, 5.41) is 12.4. The van der Waals surface area contributed by atoms with E-state index in [-0.39, 0.29) is 36.0 Å². The van der Waals surface area contributed by atoms with Crippen LogP contribution in [0, 0.1) is 11.7 Å². The van der Waals surface area contributed by atoms with E-state index in [0.29, 0.717) is 17.7 Å². The Hall–Kier alpha value is -4.16. The predicted octanol–water partition coefficient (Wildman–Crippen LogP) is 5.46. The van der Waals surface area contributed by atoms with Crippen LogP contribution < -0.4 is 20.7 Å². The van der Waals surface area contributed by atoms with Crippen molar-refractivity contribution in [2.24, 2.45) is 5.92 Å². The summed E-state index contributed by atoms with van der Waals surface area (Å²) in [5.74, 6) is -1.98. The average Bonchev–Trinajstić information content (AvgIpc) is 3.43. The lowest BCUT2D eigenvalue weighted by molar-refractivity contribution is -0.274. The number of anilines is 1. The van der Waals surface area contributed by atoms with Gasteiger partial charge in [-0.15, -0.1) is 13.2 Å². The van der Waals surface area contributed by atoms with Crippen molar-refractivity contribution in [3.05, 3.63) is 60.2 Å². The second-order valence-corrected chi connectivity index (χ2v) is 10.1. The third-order valence-electron chi connectivity index (χ3n) is 6.71. The average molecular weight is 578 g/mol. The zero-order chi connectivity index (χ0) is 29.4. The molecular weight excluding hydrogens is 546 g/mol. The lowest BCUT2D eigenvalue weighted by Crippen LogP contribution is -2.51. The van der Waals surface area contributed by atoms with E-state index in [1.165, 1.54) is 42.5 Å². The molecule has 2 aromatic carbocycles. The Morgan fingerprint density at radius 1 is 1.07 bits per heavy atom. The summed E-state index contributed by atoms with van der Waals surface area (Å²) in [6.07, 6.45) is 0.815. The first-order valence-corrected chi connectivity index (χ1v) is 13.4. The molecule has 220 valence electrons. The molecule has 1 aromatic heterocycles. The van der Waals surface area contributed by atoms with Gasteiger partial charge in [-0.3, -0.25) is 9.59 Å². The summed E-state index contributed by atoms with van der Waals surface area (Å²) in [6, 6.07) is 9.54. The normalized spacial score (nSPS) is 15.5. The van der Waals surface area contributed by atoms with Crippen molar-refractivity contribution in [2.45, 2.75) is 63.9 Å². The lowest BCUT2D eigenvalue weighted by atomic mass is 9.84. The van der Waals surface area contributed by atoms with Crippen LogP contribution in [0.4, 0.5) is 23.2 Å². The van der Waals surface area contributed by atoms with Crippen LogP contribution in [0.15, 0.2) is 53.1 Å². The van der Waals surface area contributed by atoms with Crippen molar-refractivity contribution in [1.29, 1.82) is 0 Å². The molecule has 2 atom stereocenters. The number of nitrogens with one attached hydrogen (secondary N) is 3. The number of amides is 2. The molecule has 4 rings (SSSR count). The molecule has 3 N–H and O–H groups in total. The Balaban J connectivity index is 1.36. The SMILES string of the molecule is C[C@@H](CNc1ccc(OC(F)(F)F)cc1)NC(=O)C(CC1CCCCC1)NC(=O)c1nc(-c2cccc(F)c2)no1. The molecule has 2 amide bonds. The molecule has 3 aromatic rings. The highest BCUT2D eigenvalue weighted by Gasteiger charge is 2.31. The van der Waals surface area contributed by atoms with Gasteiger partial charge in [-0.25, -0.2) is 4.39 Å². The number of halogens is 4. The minimum atomic E-state index is -4.77. The van der Waals surface area contributed by atoms with Crippen LogP contribution in [0.25, 0.3) is 11.4 Å². The van der Waals surface area contributed by atoms with Crippen molar-refractivity contribution in [2.75, 3.05) is 11.9 Å². The Bertz CT molecular complexity index is 1310. The molecular formula is C28H31F4N5O4. The van der Waals surface area contributed by atoms with E-state index in [1.54, 1.807) is 13.0 Å². The minimum absolute atomic E-state index is 0.0423. The number of carbonyl (C=O) groups is 2. The van der Waals surface area contributed by atoms with Crippen LogP contribution in [0.1, 0.15) is 56.1 Å². The largest absolute Gasteiger partial charge is 0.573 e. The molecule has 1 unspecified atom stereocenters. The number of aromatic nitrogens is 2. The fraction of sp³-hybridized carbons (Fsp3) is 0.429. The first-order chi connectivity index (χ1) is 19.6. The van der Waals surface area contributed by atoms with Gasteiger partial charge in [-0.2, -0.15) is 4.98 Å². The molecule has 41 heavy (non-hydrogen) atoms. The standard InChI is InChI=1S/C28H31F4N5O4/c1-17(16-33-21-10-12-22(13-11-21)40-28(30,31)32)34-25(38)23(14-18-6-3-2-4-7-18)35-26(39)27-36-24(37-41-27)19-8-5-9-20(29)15-19/h5,8-13,15,17-18,23,33H,2-4,6-7,14,16H2,1H3,(H,34,38)(H,35,39)/t17-,23?/m0/s1. The van der Waals surface area contributed by atoms with Crippen LogP contribution in [0.5, 0.6) is 5.75 Å². The van der Waals surface area contributed by atoms with Gasteiger partial charge >= 0.3 is 18.2 Å². The van der Waals surface area contributed by atoms with Crippen LogP contribution >= 0.6 is 0 Å². The van der Waals surface area contributed by atoms with Crippen LogP contribution in [0.3, 0.4) is 0 Å². The molecule has 0 saturated heterocycles. The van der Waals surface area contributed by atoms with E-state index in [0.717, 1.165) is 32.1 Å². The third-order valence-corrected chi connectivity index (χ3v) is 6.71. The van der Waals surface area contributed by atoms with Gasteiger partial charge in [0.2, 0.25) is 11.7 Å².